The number of rotatable bonds is 7. The number of thiazole rings is 1. The Labute approximate surface area is 149 Å². The van der Waals surface area contributed by atoms with E-state index in [1.54, 1.807) is 11.3 Å². The second-order valence-corrected chi connectivity index (χ2v) is 8.35. The van der Waals surface area contributed by atoms with Gasteiger partial charge in [-0.25, -0.2) is 0 Å². The molecular formula is C17H22N4OS2. The number of hydrogen-bond donors (Lipinski definition) is 1. The van der Waals surface area contributed by atoms with Gasteiger partial charge in [0, 0.05) is 6.04 Å². The van der Waals surface area contributed by atoms with E-state index in [0.29, 0.717) is 11.7 Å². The average Bonchev–Trinajstić information content (AvgIpc) is 3.10. The van der Waals surface area contributed by atoms with Crippen molar-refractivity contribution in [1.29, 1.82) is 0 Å². The van der Waals surface area contributed by atoms with Crippen molar-refractivity contribution in [3.63, 3.8) is 0 Å². The van der Waals surface area contributed by atoms with Crippen molar-refractivity contribution < 1.29 is 4.79 Å². The molecule has 0 fully saturated rings. The molecule has 0 bridgehead atoms. The van der Waals surface area contributed by atoms with Crippen LogP contribution in [0.25, 0.3) is 15.2 Å². The summed E-state index contributed by atoms with van der Waals surface area (Å²) >= 11 is 3.05. The highest BCUT2D eigenvalue weighted by atomic mass is 32.2. The van der Waals surface area contributed by atoms with Gasteiger partial charge in [-0.05, 0) is 37.8 Å². The van der Waals surface area contributed by atoms with E-state index >= 15 is 0 Å². The van der Waals surface area contributed by atoms with Gasteiger partial charge in [0.25, 0.3) is 0 Å². The summed E-state index contributed by atoms with van der Waals surface area (Å²) in [5, 5.41) is 12.3. The molecule has 3 rings (SSSR count). The van der Waals surface area contributed by atoms with Crippen LogP contribution in [0, 0.1) is 5.92 Å². The van der Waals surface area contributed by atoms with E-state index in [0.717, 1.165) is 28.5 Å². The minimum absolute atomic E-state index is 0.0486. The predicted molar refractivity (Wildman–Crippen MR) is 101 cm³/mol. The summed E-state index contributed by atoms with van der Waals surface area (Å²) in [5.41, 5.74) is 1.09. The zero-order valence-corrected chi connectivity index (χ0v) is 15.8. The fourth-order valence-electron chi connectivity index (χ4n) is 2.55. The lowest BCUT2D eigenvalue weighted by Gasteiger charge is -2.14. The Hall–Kier alpha value is -1.60. The van der Waals surface area contributed by atoms with Gasteiger partial charge in [0.15, 0.2) is 5.16 Å². The first-order valence-corrected chi connectivity index (χ1v) is 9.99. The first-order chi connectivity index (χ1) is 11.5. The smallest absolute Gasteiger partial charge is 0.230 e. The van der Waals surface area contributed by atoms with Gasteiger partial charge in [-0.15, -0.1) is 10.2 Å². The van der Waals surface area contributed by atoms with Crippen LogP contribution >= 0.6 is 23.1 Å². The molecule has 1 N–H and O–H groups in total. The fourth-order valence-corrected chi connectivity index (χ4v) is 4.33. The van der Waals surface area contributed by atoms with E-state index in [-0.39, 0.29) is 11.9 Å². The molecular weight excluding hydrogens is 340 g/mol. The van der Waals surface area contributed by atoms with Gasteiger partial charge < -0.3 is 5.32 Å². The first kappa shape index (κ1) is 17.2. The third-order valence-electron chi connectivity index (χ3n) is 3.83. The number of aromatic nitrogens is 3. The molecule has 0 saturated carbocycles. The molecule has 1 amide bonds. The van der Waals surface area contributed by atoms with Crippen LogP contribution < -0.4 is 5.32 Å². The number of amides is 1. The summed E-state index contributed by atoms with van der Waals surface area (Å²) in [6, 6.07) is 8.37. The van der Waals surface area contributed by atoms with Crippen LogP contribution in [0.4, 0.5) is 0 Å². The minimum Gasteiger partial charge on any atom is -0.353 e. The first-order valence-electron chi connectivity index (χ1n) is 8.19. The number of fused-ring (bicyclic) bond motifs is 3. The molecule has 128 valence electrons. The normalized spacial score (nSPS) is 13.0. The van der Waals surface area contributed by atoms with Crippen LogP contribution in [-0.2, 0) is 4.79 Å². The lowest BCUT2D eigenvalue weighted by molar-refractivity contribution is -0.119. The Morgan fingerprint density at radius 3 is 2.83 bits per heavy atom. The number of hydrogen-bond acceptors (Lipinski definition) is 5. The molecule has 0 spiro atoms. The molecule has 0 saturated heterocycles. The Balaban J connectivity index is 1.62. The highest BCUT2D eigenvalue weighted by Gasteiger charge is 2.15. The molecule has 24 heavy (non-hydrogen) atoms. The molecule has 2 aromatic heterocycles. The third kappa shape index (κ3) is 3.89. The maximum atomic E-state index is 12.1. The van der Waals surface area contributed by atoms with E-state index in [9.17, 15) is 4.79 Å². The molecule has 1 atom stereocenters. The number of benzene rings is 1. The van der Waals surface area contributed by atoms with Crippen LogP contribution in [0.1, 0.15) is 33.6 Å². The Morgan fingerprint density at radius 2 is 2.04 bits per heavy atom. The van der Waals surface area contributed by atoms with Crippen molar-refractivity contribution in [2.24, 2.45) is 5.92 Å². The number of carbonyl (C=O) groups excluding carboxylic acids is 1. The van der Waals surface area contributed by atoms with Crippen molar-refractivity contribution in [3.05, 3.63) is 24.3 Å². The zero-order valence-electron chi connectivity index (χ0n) is 14.2. The molecule has 0 aliphatic carbocycles. The second-order valence-electron chi connectivity index (χ2n) is 6.40. The zero-order chi connectivity index (χ0) is 17.1. The van der Waals surface area contributed by atoms with Crippen LogP contribution in [0.5, 0.6) is 0 Å². The molecule has 0 aliphatic rings. The lowest BCUT2D eigenvalue weighted by atomic mass is 10.0. The summed E-state index contributed by atoms with van der Waals surface area (Å²) in [6.07, 6.45) is 2.14. The number of nitrogens with one attached hydrogen (secondary N) is 1. The third-order valence-corrected chi connectivity index (χ3v) is 5.77. The number of carbonyl (C=O) groups is 1. The van der Waals surface area contributed by atoms with Crippen molar-refractivity contribution in [2.75, 3.05) is 5.75 Å². The highest BCUT2D eigenvalue weighted by molar-refractivity contribution is 7.99. The highest BCUT2D eigenvalue weighted by Crippen LogP contribution is 2.29. The van der Waals surface area contributed by atoms with E-state index < -0.39 is 0 Å². The topological polar surface area (TPSA) is 59.3 Å². The number of nitrogens with zero attached hydrogens (tertiary/aromatic N) is 3. The average molecular weight is 363 g/mol. The van der Waals surface area contributed by atoms with E-state index in [2.05, 4.69) is 48.4 Å². The van der Waals surface area contributed by atoms with Crippen molar-refractivity contribution >= 4 is 44.2 Å². The minimum atomic E-state index is 0.0486. The summed E-state index contributed by atoms with van der Waals surface area (Å²) in [6.45, 7) is 6.46. The van der Waals surface area contributed by atoms with Crippen LogP contribution in [-0.4, -0.2) is 32.3 Å². The molecule has 1 unspecified atom stereocenters. The largest absolute Gasteiger partial charge is 0.353 e. The van der Waals surface area contributed by atoms with Crippen molar-refractivity contribution in [1.82, 2.24) is 19.9 Å². The molecule has 3 aromatic rings. The summed E-state index contributed by atoms with van der Waals surface area (Å²) < 4.78 is 3.20. The maximum Gasteiger partial charge on any atom is 0.230 e. The lowest BCUT2D eigenvalue weighted by Crippen LogP contribution is -2.34. The molecule has 0 radical (unpaired) electrons. The van der Waals surface area contributed by atoms with Gasteiger partial charge in [0.2, 0.25) is 10.9 Å². The summed E-state index contributed by atoms with van der Waals surface area (Å²) in [7, 11) is 0. The second kappa shape index (κ2) is 7.53. The maximum absolute atomic E-state index is 12.1. The van der Waals surface area contributed by atoms with Gasteiger partial charge >= 0.3 is 0 Å². The van der Waals surface area contributed by atoms with E-state index in [1.165, 1.54) is 16.5 Å². The Morgan fingerprint density at radius 1 is 1.25 bits per heavy atom. The Bertz CT molecular complexity index is 839. The fraction of sp³-hybridized carbons (Fsp3) is 0.471. The molecule has 7 heteroatoms. The molecule has 0 aliphatic heterocycles. The van der Waals surface area contributed by atoms with Crippen molar-refractivity contribution in [2.45, 2.75) is 44.8 Å². The molecule has 5 nitrogen and oxygen atoms in total. The van der Waals surface area contributed by atoms with Crippen LogP contribution in [0.2, 0.25) is 0 Å². The number of para-hydroxylation sites is 1. The quantitative estimate of drug-likeness (QED) is 0.646. The van der Waals surface area contributed by atoms with Gasteiger partial charge in [0.05, 0.1) is 16.0 Å². The summed E-state index contributed by atoms with van der Waals surface area (Å²) in [4.78, 5) is 13.0. The predicted octanol–water partition coefficient (Wildman–Crippen LogP) is 3.98. The van der Waals surface area contributed by atoms with Gasteiger partial charge in [-0.2, -0.15) is 0 Å². The van der Waals surface area contributed by atoms with E-state index in [4.69, 9.17) is 0 Å². The Kier molecular flexibility index (Phi) is 5.40. The molecule has 1 aromatic carbocycles. The van der Waals surface area contributed by atoms with Gasteiger partial charge in [0.1, 0.15) is 0 Å². The van der Waals surface area contributed by atoms with Gasteiger partial charge in [-0.1, -0.05) is 49.1 Å². The van der Waals surface area contributed by atoms with Gasteiger partial charge in [-0.3, -0.25) is 9.20 Å². The summed E-state index contributed by atoms with van der Waals surface area (Å²) in [5.74, 6) is 1.07. The molecule has 2 heterocycles. The van der Waals surface area contributed by atoms with E-state index in [1.807, 2.05) is 16.5 Å². The van der Waals surface area contributed by atoms with Crippen molar-refractivity contribution in [3.8, 4) is 0 Å². The number of thioether (sulfide) groups is 1. The standard InChI is InChI=1S/C17H22N4OS2/c1-11(2)8-9-12(3)18-15(22)10-23-16-19-20-17-21(16)13-6-4-5-7-14(13)24-17/h4-7,11-12H,8-10H2,1-3H3,(H,18,22). The van der Waals surface area contributed by atoms with Crippen LogP contribution in [0.3, 0.4) is 0 Å². The monoisotopic (exact) mass is 362 g/mol. The SMILES string of the molecule is CC(C)CCC(C)NC(=O)CSc1nnc2sc3ccccc3n12. The van der Waals surface area contributed by atoms with Crippen LogP contribution in [0.15, 0.2) is 29.4 Å².